The number of ketones is 1. The summed E-state index contributed by atoms with van der Waals surface area (Å²) >= 11 is 5.87. The summed E-state index contributed by atoms with van der Waals surface area (Å²) in [5.41, 5.74) is 8.11. The minimum Gasteiger partial charge on any atom is -0.871 e. The Morgan fingerprint density at radius 1 is 0.517 bits per heavy atom. The van der Waals surface area contributed by atoms with Crippen molar-refractivity contribution in [1.29, 1.82) is 0 Å². The van der Waals surface area contributed by atoms with Crippen LogP contribution in [0.4, 0.5) is 0 Å². The molecule has 0 bridgehead atoms. The second-order valence-electron chi connectivity index (χ2n) is 12.3. The van der Waals surface area contributed by atoms with E-state index >= 15 is 0 Å². The molecule has 0 atom stereocenters. The number of carbonyl (C=O) groups is 1. The molecule has 0 amide bonds. The van der Waals surface area contributed by atoms with Crippen LogP contribution in [-0.2, 0) is 36.7 Å². The average Bonchev–Trinajstić information content (AvgIpc) is 3.24. The van der Waals surface area contributed by atoms with E-state index in [-0.39, 0.29) is 22.1 Å². The van der Waals surface area contributed by atoms with Crippen molar-refractivity contribution < 1.29 is 55.8 Å². The maximum absolute atomic E-state index is 12.0. The quantitative estimate of drug-likeness (QED) is 0.0781. The van der Waals surface area contributed by atoms with Crippen LogP contribution in [0.25, 0.3) is 28.3 Å². The number of halogens is 2. The zero-order valence-corrected chi connectivity index (χ0v) is 33.2. The number of carbonyl (C=O) groups excluding carboxylic acids is 1. The van der Waals surface area contributed by atoms with Crippen LogP contribution in [0.3, 0.4) is 0 Å². The fourth-order valence-corrected chi connectivity index (χ4v) is 5.78. The third-order valence-electron chi connectivity index (χ3n) is 8.11. The molecule has 13 heteroatoms. The smallest absolute Gasteiger partial charge is 0.871 e. The Hall–Kier alpha value is -5.56. The molecule has 0 N–H and O–H groups in total. The van der Waals surface area contributed by atoms with Crippen molar-refractivity contribution in [3.63, 3.8) is 0 Å². The molecule has 0 saturated carbocycles. The molecule has 58 heavy (non-hydrogen) atoms. The molecule has 7 aromatic rings. The molecular formula is C45H36Cl2CuN4O6. The van der Waals surface area contributed by atoms with Gasteiger partial charge in [-0.15, -0.1) is 10.2 Å². The molecule has 0 aliphatic rings. The molecule has 10 nitrogen and oxygen atoms in total. The molecule has 0 spiro atoms. The Balaban J connectivity index is 0.000000260. The van der Waals surface area contributed by atoms with Crippen LogP contribution in [0.1, 0.15) is 33.0 Å². The van der Waals surface area contributed by atoms with E-state index in [1.165, 1.54) is 0 Å². The predicted octanol–water partition coefficient (Wildman–Crippen LogP) is 4.49. The standard InChI is InChI=1S/C30H26N4.C15H11ClO2.ClHO4.Cu/c1-3-11-24(12-4-1)29-18-9-16-27(32-29)22-34(21-26-15-7-8-20-31-26)23-28-17-10-19-30(33-28)25-13-5-2-6-14-25;16-13(14(17)11-7-3-1-4-8-11)15(18)12-9-5-2-6-10-12;2-1(3,4)5;/h1-20H,21-23H2;1-10,17H;(H,2,3,4,5);/q;;;+2/p-2/b;14-13+;;. The average molecular weight is 863 g/mol. The van der Waals surface area contributed by atoms with Crippen molar-refractivity contribution in [2.24, 2.45) is 0 Å². The third kappa shape index (κ3) is 15.1. The molecule has 297 valence electrons. The Kier molecular flexibility index (Phi) is 17.9. The molecule has 4 aromatic carbocycles. The maximum atomic E-state index is 12.0. The summed E-state index contributed by atoms with van der Waals surface area (Å²) in [6, 6.07) is 56.1. The van der Waals surface area contributed by atoms with Gasteiger partial charge in [-0.3, -0.25) is 24.6 Å². The van der Waals surface area contributed by atoms with Gasteiger partial charge in [0.1, 0.15) is 0 Å². The van der Waals surface area contributed by atoms with Gasteiger partial charge in [-0.25, -0.2) is 18.6 Å². The SMILES string of the molecule is O=C(/C(Cl)=C(\[O-])c1ccccc1)c1ccccc1.[Cu+2].[O-][Cl+3]([O-])([O-])[O-].c1ccc(-c2cccc(CN(Cc3ccccn3)Cc3cccc(-c4ccccc4)n3)n2)cc1. The number of nitrogens with zero attached hydrogens (tertiary/aromatic N) is 4. The van der Waals surface area contributed by atoms with E-state index in [2.05, 4.69) is 76.6 Å². The van der Waals surface area contributed by atoms with Crippen molar-refractivity contribution >= 4 is 23.1 Å². The number of Topliss-reactive ketones (excluding diaryl/α,β-unsaturated/α-hetero) is 1. The first-order valence-electron chi connectivity index (χ1n) is 17.5. The van der Waals surface area contributed by atoms with Gasteiger partial charge in [0.15, 0.2) is 0 Å². The normalized spacial score (nSPS) is 11.1. The first kappa shape index (κ1) is 45.1. The van der Waals surface area contributed by atoms with Gasteiger partial charge in [0.2, 0.25) is 5.78 Å². The van der Waals surface area contributed by atoms with Crippen LogP contribution in [-0.4, -0.2) is 25.6 Å². The van der Waals surface area contributed by atoms with E-state index in [0.29, 0.717) is 24.2 Å². The summed E-state index contributed by atoms with van der Waals surface area (Å²) in [6.07, 6.45) is 1.84. The summed E-state index contributed by atoms with van der Waals surface area (Å²) in [4.78, 5) is 28.8. The van der Waals surface area contributed by atoms with E-state index in [1.54, 1.807) is 60.7 Å². The summed E-state index contributed by atoms with van der Waals surface area (Å²) in [7, 11) is -4.94. The maximum Gasteiger partial charge on any atom is 2.00 e. The number of hydrogen-bond donors (Lipinski definition) is 0. The second kappa shape index (κ2) is 23.0. The minimum atomic E-state index is -4.94. The Labute approximate surface area is 354 Å². The van der Waals surface area contributed by atoms with Crippen LogP contribution < -0.4 is 23.7 Å². The van der Waals surface area contributed by atoms with Crippen molar-refractivity contribution in [2.45, 2.75) is 19.6 Å². The zero-order chi connectivity index (χ0) is 40.5. The summed E-state index contributed by atoms with van der Waals surface area (Å²) in [5.74, 6) is -0.905. The number of allylic oxidation sites excluding steroid dienone is 1. The minimum absolute atomic E-state index is 0. The monoisotopic (exact) mass is 861 g/mol. The molecular weight excluding hydrogens is 827 g/mol. The van der Waals surface area contributed by atoms with E-state index in [4.69, 9.17) is 40.2 Å². The summed E-state index contributed by atoms with van der Waals surface area (Å²) in [6.45, 7) is 2.12. The van der Waals surface area contributed by atoms with E-state index in [1.807, 2.05) is 54.7 Å². The Morgan fingerprint density at radius 3 is 1.33 bits per heavy atom. The van der Waals surface area contributed by atoms with E-state index < -0.39 is 21.8 Å². The number of benzene rings is 4. The zero-order valence-electron chi connectivity index (χ0n) is 30.7. The molecule has 0 aliphatic carbocycles. The molecule has 3 aromatic heterocycles. The van der Waals surface area contributed by atoms with Gasteiger partial charge in [-0.1, -0.05) is 157 Å². The van der Waals surface area contributed by atoms with Crippen LogP contribution >= 0.6 is 11.6 Å². The van der Waals surface area contributed by atoms with Gasteiger partial charge < -0.3 is 5.11 Å². The molecule has 0 fully saturated rings. The Morgan fingerprint density at radius 2 is 0.897 bits per heavy atom. The van der Waals surface area contributed by atoms with Crippen LogP contribution in [0.15, 0.2) is 187 Å². The van der Waals surface area contributed by atoms with Crippen molar-refractivity contribution in [3.8, 4) is 22.5 Å². The van der Waals surface area contributed by atoms with E-state index in [9.17, 15) is 9.90 Å². The summed E-state index contributed by atoms with van der Waals surface area (Å²) in [5, 5.41) is 11.7. The first-order valence-corrected chi connectivity index (χ1v) is 19.1. The molecule has 0 saturated heterocycles. The summed E-state index contributed by atoms with van der Waals surface area (Å²) < 4.78 is 34.0. The number of aromatic nitrogens is 3. The molecule has 3 heterocycles. The van der Waals surface area contributed by atoms with Crippen molar-refractivity contribution in [3.05, 3.63) is 215 Å². The molecule has 1 radical (unpaired) electrons. The fraction of sp³-hybridized carbons (Fsp3) is 0.0667. The fourth-order valence-electron chi connectivity index (χ4n) is 5.56. The van der Waals surface area contributed by atoms with Crippen molar-refractivity contribution in [2.75, 3.05) is 0 Å². The molecule has 7 rings (SSSR count). The van der Waals surface area contributed by atoms with Gasteiger partial charge in [0.05, 0.1) is 33.5 Å². The Bertz CT molecular complexity index is 2230. The topological polar surface area (TPSA) is 174 Å². The van der Waals surface area contributed by atoms with Gasteiger partial charge >= 0.3 is 17.1 Å². The van der Waals surface area contributed by atoms with Gasteiger partial charge in [0.25, 0.3) is 0 Å². The van der Waals surface area contributed by atoms with Gasteiger partial charge in [0, 0.05) is 42.5 Å². The number of rotatable bonds is 11. The number of hydrogen-bond acceptors (Lipinski definition) is 10. The van der Waals surface area contributed by atoms with Crippen molar-refractivity contribution in [1.82, 2.24) is 19.9 Å². The first-order chi connectivity index (χ1) is 27.5. The molecule has 0 aliphatic heterocycles. The van der Waals surface area contributed by atoms with Crippen LogP contribution in [0.5, 0.6) is 0 Å². The third-order valence-corrected chi connectivity index (χ3v) is 8.45. The van der Waals surface area contributed by atoms with Gasteiger partial charge in [-0.05, 0) is 42.0 Å². The van der Waals surface area contributed by atoms with E-state index in [0.717, 1.165) is 46.1 Å². The van der Waals surface area contributed by atoms with Crippen LogP contribution in [0.2, 0.25) is 0 Å². The molecule has 0 unspecified atom stereocenters. The largest absolute Gasteiger partial charge is 2.00 e. The predicted molar refractivity (Wildman–Crippen MR) is 207 cm³/mol. The van der Waals surface area contributed by atoms with Gasteiger partial charge in [-0.2, -0.15) is 0 Å². The van der Waals surface area contributed by atoms with Crippen LogP contribution in [0, 0.1) is 10.2 Å². The second-order valence-corrected chi connectivity index (χ2v) is 13.4. The number of pyridine rings is 3.